The molecule has 0 saturated heterocycles. The van der Waals surface area contributed by atoms with Gasteiger partial charge in [0.25, 0.3) is 0 Å². The van der Waals surface area contributed by atoms with E-state index in [0.29, 0.717) is 0 Å². The van der Waals surface area contributed by atoms with Gasteiger partial charge in [-0.05, 0) is 32.6 Å². The van der Waals surface area contributed by atoms with Gasteiger partial charge in [0, 0.05) is 13.3 Å². The minimum absolute atomic E-state index is 0.0650. The summed E-state index contributed by atoms with van der Waals surface area (Å²) in [6.45, 7) is 11.0. The first kappa shape index (κ1) is 28.9. The molecule has 1 amide bonds. The summed E-state index contributed by atoms with van der Waals surface area (Å²) in [6, 6.07) is 0. The number of hydrogen-bond donors (Lipinski definition) is 1. The lowest BCUT2D eigenvalue weighted by molar-refractivity contribution is -0.833. The Balaban J connectivity index is 1.98. The number of unbranched alkanes of at least 4 members (excludes halogenated alkanes) is 13. The molecule has 0 aliphatic carbocycles. The van der Waals surface area contributed by atoms with Gasteiger partial charge in [0.15, 0.2) is 5.84 Å². The van der Waals surface area contributed by atoms with E-state index in [0.717, 1.165) is 50.0 Å². The second-order valence-corrected chi connectivity index (χ2v) is 9.73. The highest BCUT2D eigenvalue weighted by Gasteiger charge is 2.35. The third-order valence-corrected chi connectivity index (χ3v) is 7.05. The number of carbonyl (C=O) groups is 1. The van der Waals surface area contributed by atoms with Crippen molar-refractivity contribution in [3.8, 4) is 0 Å². The summed E-state index contributed by atoms with van der Waals surface area (Å²) in [4.78, 5) is 16.0. The summed E-state index contributed by atoms with van der Waals surface area (Å²) in [6.07, 6.45) is 26.5. The Kier molecular flexibility index (Phi) is 17.4. The van der Waals surface area contributed by atoms with E-state index < -0.39 is 0 Å². The molecule has 1 unspecified atom stereocenters. The Labute approximate surface area is 199 Å². The van der Waals surface area contributed by atoms with Crippen molar-refractivity contribution >= 4 is 11.7 Å². The molecule has 0 spiro atoms. The van der Waals surface area contributed by atoms with E-state index in [1.807, 2.05) is 0 Å². The van der Waals surface area contributed by atoms with Crippen LogP contribution in [-0.2, 0) is 4.79 Å². The van der Waals surface area contributed by atoms with Crippen molar-refractivity contribution in [3.05, 3.63) is 12.2 Å². The van der Waals surface area contributed by atoms with E-state index in [1.54, 1.807) is 6.92 Å². The van der Waals surface area contributed by atoms with Crippen molar-refractivity contribution < 1.29 is 9.28 Å². The van der Waals surface area contributed by atoms with Gasteiger partial charge in [-0.2, -0.15) is 0 Å². The first-order valence-electron chi connectivity index (χ1n) is 13.9. The van der Waals surface area contributed by atoms with Gasteiger partial charge in [0.2, 0.25) is 5.91 Å². The van der Waals surface area contributed by atoms with Crippen LogP contribution in [0, 0.1) is 0 Å². The van der Waals surface area contributed by atoms with Gasteiger partial charge in [-0.3, -0.25) is 9.28 Å². The number of amides is 1. The fourth-order valence-corrected chi connectivity index (χ4v) is 4.87. The zero-order chi connectivity index (χ0) is 23.3. The van der Waals surface area contributed by atoms with E-state index in [1.165, 1.54) is 95.7 Å². The first-order chi connectivity index (χ1) is 15.6. The number of hydrogen-bond acceptors (Lipinski definition) is 2. The van der Waals surface area contributed by atoms with Crippen LogP contribution >= 0.6 is 0 Å². The van der Waals surface area contributed by atoms with Crippen molar-refractivity contribution in [1.82, 2.24) is 5.32 Å². The van der Waals surface area contributed by atoms with Gasteiger partial charge in [-0.25, -0.2) is 4.99 Å². The van der Waals surface area contributed by atoms with E-state index >= 15 is 0 Å². The average molecular weight is 449 g/mol. The van der Waals surface area contributed by atoms with Crippen molar-refractivity contribution in [2.45, 2.75) is 124 Å². The molecule has 0 bridgehead atoms. The SMILES string of the molecule is CCCCCCCCCCCCCC/C=C/CCCC1=NCC[N+]1(CC)CCNC(C)=O. The Hall–Kier alpha value is -1.16. The fourth-order valence-electron chi connectivity index (χ4n) is 4.87. The quantitative estimate of drug-likeness (QED) is 0.113. The standard InChI is InChI=1S/C28H53N3O/c1-4-6-7-8-9-10-11-12-13-14-15-16-17-18-19-20-21-22-28-30-24-26-31(28,5-2)25-23-29-27(3)32/h18-19H,4-17,20-26H2,1-3H3/p+1/b19-18+. The minimum Gasteiger partial charge on any atom is -0.351 e. The Morgan fingerprint density at radius 3 is 2.00 bits per heavy atom. The maximum atomic E-state index is 11.2. The molecule has 0 saturated carbocycles. The topological polar surface area (TPSA) is 41.5 Å². The molecule has 1 atom stereocenters. The second kappa shape index (κ2) is 19.3. The van der Waals surface area contributed by atoms with Crippen LogP contribution in [-0.4, -0.2) is 48.9 Å². The molecule has 0 aromatic carbocycles. The number of amidine groups is 1. The number of nitrogens with zero attached hydrogens (tertiary/aromatic N) is 2. The normalized spacial score (nSPS) is 18.4. The van der Waals surface area contributed by atoms with Crippen molar-refractivity contribution in [2.75, 3.05) is 32.7 Å². The van der Waals surface area contributed by atoms with Crippen LogP contribution in [0.3, 0.4) is 0 Å². The van der Waals surface area contributed by atoms with Gasteiger partial charge in [-0.15, -0.1) is 0 Å². The predicted molar refractivity (Wildman–Crippen MR) is 140 cm³/mol. The zero-order valence-corrected chi connectivity index (χ0v) is 21.8. The summed E-state index contributed by atoms with van der Waals surface area (Å²) in [5, 5.41) is 2.96. The van der Waals surface area contributed by atoms with E-state index in [-0.39, 0.29) is 5.91 Å². The molecular formula is C28H54N3O+. The average Bonchev–Trinajstić information content (AvgIpc) is 3.18. The van der Waals surface area contributed by atoms with Crippen molar-refractivity contribution in [1.29, 1.82) is 0 Å². The molecule has 0 aromatic rings. The molecule has 1 N–H and O–H groups in total. The smallest absolute Gasteiger partial charge is 0.217 e. The number of nitrogens with one attached hydrogen (secondary N) is 1. The molecule has 4 heteroatoms. The van der Waals surface area contributed by atoms with Crippen LogP contribution in [0.15, 0.2) is 17.1 Å². The lowest BCUT2D eigenvalue weighted by Gasteiger charge is -2.33. The van der Waals surface area contributed by atoms with E-state index in [4.69, 9.17) is 4.99 Å². The highest BCUT2D eigenvalue weighted by molar-refractivity contribution is 5.77. The molecule has 32 heavy (non-hydrogen) atoms. The number of rotatable bonds is 21. The molecule has 1 aliphatic rings. The van der Waals surface area contributed by atoms with Crippen LogP contribution in [0.2, 0.25) is 0 Å². The van der Waals surface area contributed by atoms with Crippen molar-refractivity contribution in [3.63, 3.8) is 0 Å². The molecular weight excluding hydrogens is 394 g/mol. The minimum atomic E-state index is 0.0650. The maximum absolute atomic E-state index is 11.2. The summed E-state index contributed by atoms with van der Waals surface area (Å²) in [5.41, 5.74) is 0. The molecule has 0 radical (unpaired) electrons. The summed E-state index contributed by atoms with van der Waals surface area (Å²) in [7, 11) is 0. The Bertz CT molecular complexity index is 529. The monoisotopic (exact) mass is 448 g/mol. The van der Waals surface area contributed by atoms with Gasteiger partial charge in [-0.1, -0.05) is 89.7 Å². The number of aliphatic imine (C=N–C) groups is 1. The van der Waals surface area contributed by atoms with Gasteiger partial charge < -0.3 is 5.32 Å². The molecule has 0 aromatic heterocycles. The van der Waals surface area contributed by atoms with Gasteiger partial charge in [0.1, 0.15) is 13.1 Å². The lowest BCUT2D eigenvalue weighted by Crippen LogP contribution is -2.54. The Morgan fingerprint density at radius 2 is 1.44 bits per heavy atom. The first-order valence-corrected chi connectivity index (χ1v) is 13.9. The van der Waals surface area contributed by atoms with Crippen LogP contribution in [0.4, 0.5) is 0 Å². The van der Waals surface area contributed by atoms with Crippen LogP contribution in [0.1, 0.15) is 124 Å². The summed E-state index contributed by atoms with van der Waals surface area (Å²) in [5.74, 6) is 1.42. The highest BCUT2D eigenvalue weighted by atomic mass is 16.1. The molecule has 186 valence electrons. The zero-order valence-electron chi connectivity index (χ0n) is 21.8. The number of quaternary nitrogens is 1. The molecule has 1 heterocycles. The fraction of sp³-hybridized carbons (Fsp3) is 0.857. The lowest BCUT2D eigenvalue weighted by atomic mass is 10.0. The highest BCUT2D eigenvalue weighted by Crippen LogP contribution is 2.19. The maximum Gasteiger partial charge on any atom is 0.217 e. The molecule has 1 aliphatic heterocycles. The number of likely N-dealkylation sites (N-methyl/N-ethyl adjacent to an activating group) is 1. The molecule has 4 nitrogen and oxygen atoms in total. The van der Waals surface area contributed by atoms with Crippen LogP contribution in [0.5, 0.6) is 0 Å². The van der Waals surface area contributed by atoms with E-state index in [2.05, 4.69) is 31.3 Å². The summed E-state index contributed by atoms with van der Waals surface area (Å²) < 4.78 is 0.975. The predicted octanol–water partition coefficient (Wildman–Crippen LogP) is 7.19. The molecule has 0 fully saturated rings. The summed E-state index contributed by atoms with van der Waals surface area (Å²) >= 11 is 0. The van der Waals surface area contributed by atoms with Crippen molar-refractivity contribution in [2.24, 2.45) is 4.99 Å². The Morgan fingerprint density at radius 1 is 0.875 bits per heavy atom. The third kappa shape index (κ3) is 13.4. The third-order valence-electron chi connectivity index (χ3n) is 7.05. The molecule has 1 rings (SSSR count). The number of carbonyl (C=O) groups excluding carboxylic acids is 1. The van der Waals surface area contributed by atoms with Crippen LogP contribution in [0.25, 0.3) is 0 Å². The largest absolute Gasteiger partial charge is 0.351 e. The number of allylic oxidation sites excluding steroid dienone is 2. The van der Waals surface area contributed by atoms with Gasteiger partial charge >= 0.3 is 0 Å². The second-order valence-electron chi connectivity index (χ2n) is 9.73. The van der Waals surface area contributed by atoms with Gasteiger partial charge in [0.05, 0.1) is 19.6 Å². The van der Waals surface area contributed by atoms with Crippen LogP contribution < -0.4 is 5.32 Å². The van der Waals surface area contributed by atoms with E-state index in [9.17, 15) is 4.79 Å².